The van der Waals surface area contributed by atoms with Crippen LogP contribution in [0.3, 0.4) is 0 Å². The van der Waals surface area contributed by atoms with Crippen LogP contribution in [-0.2, 0) is 16.0 Å². The van der Waals surface area contributed by atoms with Crippen LogP contribution in [0, 0.1) is 0 Å². The minimum absolute atomic E-state index is 0.0816. The van der Waals surface area contributed by atoms with Gasteiger partial charge in [0.2, 0.25) is 0 Å². The summed E-state index contributed by atoms with van der Waals surface area (Å²) in [4.78, 5) is 15.5. The molecule has 0 spiro atoms. The van der Waals surface area contributed by atoms with Gasteiger partial charge < -0.3 is 4.74 Å². The zero-order valence-corrected chi connectivity index (χ0v) is 12.6. The smallest absolute Gasteiger partial charge is 0.305 e. The topological polar surface area (TPSA) is 52.1 Å². The molecule has 1 rings (SSSR count). The van der Waals surface area contributed by atoms with Gasteiger partial charge in [0.1, 0.15) is 5.82 Å². The summed E-state index contributed by atoms with van der Waals surface area (Å²) in [5, 5.41) is 0. The van der Waals surface area contributed by atoms with E-state index in [0.717, 1.165) is 41.6 Å². The summed E-state index contributed by atoms with van der Waals surface area (Å²) in [7, 11) is 0. The Morgan fingerprint density at radius 3 is 2.83 bits per heavy atom. The van der Waals surface area contributed by atoms with Crippen molar-refractivity contribution in [2.75, 3.05) is 12.4 Å². The van der Waals surface area contributed by atoms with E-state index < -0.39 is 0 Å². The molecular formula is C12H20N2O2S2. The molecular weight excluding hydrogens is 268 g/mol. The van der Waals surface area contributed by atoms with Gasteiger partial charge in [0.05, 0.1) is 6.61 Å². The Labute approximate surface area is 117 Å². The highest BCUT2D eigenvalue weighted by molar-refractivity contribution is 8.00. The number of hydrogen-bond acceptors (Lipinski definition) is 6. The van der Waals surface area contributed by atoms with E-state index in [1.54, 1.807) is 11.8 Å². The summed E-state index contributed by atoms with van der Waals surface area (Å²) < 4.78 is 10.2. The number of thioether (sulfide) groups is 1. The lowest BCUT2D eigenvalue weighted by molar-refractivity contribution is -0.143. The molecule has 0 saturated heterocycles. The van der Waals surface area contributed by atoms with Gasteiger partial charge in [-0.3, -0.25) is 4.79 Å². The maximum Gasteiger partial charge on any atom is 0.305 e. The number of ether oxygens (including phenoxy) is 1. The van der Waals surface area contributed by atoms with Crippen molar-refractivity contribution in [1.82, 2.24) is 9.36 Å². The van der Waals surface area contributed by atoms with Crippen LogP contribution in [-0.4, -0.2) is 27.7 Å². The first-order chi connectivity index (χ1) is 8.76. The molecule has 0 unspecified atom stereocenters. The van der Waals surface area contributed by atoms with Crippen molar-refractivity contribution in [3.63, 3.8) is 0 Å². The van der Waals surface area contributed by atoms with Gasteiger partial charge in [-0.2, -0.15) is 4.37 Å². The van der Waals surface area contributed by atoms with E-state index in [0.29, 0.717) is 13.0 Å². The minimum atomic E-state index is -0.0816. The lowest BCUT2D eigenvalue weighted by atomic mass is 10.2. The molecule has 102 valence electrons. The molecule has 0 N–H and O–H groups in total. The Hall–Kier alpha value is -0.620. The maximum absolute atomic E-state index is 11.1. The van der Waals surface area contributed by atoms with Crippen molar-refractivity contribution in [2.45, 2.75) is 50.3 Å². The van der Waals surface area contributed by atoms with Crippen LogP contribution in [0.15, 0.2) is 4.34 Å². The van der Waals surface area contributed by atoms with Crippen molar-refractivity contribution in [1.29, 1.82) is 0 Å². The zero-order valence-electron chi connectivity index (χ0n) is 11.0. The SMILES string of the molecule is CCOC(=O)CCCCCSc1nc(CC)ns1. The van der Waals surface area contributed by atoms with E-state index in [1.807, 2.05) is 6.92 Å². The quantitative estimate of drug-likeness (QED) is 0.396. The van der Waals surface area contributed by atoms with Crippen LogP contribution in [0.2, 0.25) is 0 Å². The fourth-order valence-electron chi connectivity index (χ4n) is 1.38. The molecule has 1 aromatic rings. The molecule has 1 aromatic heterocycles. The highest BCUT2D eigenvalue weighted by atomic mass is 32.2. The van der Waals surface area contributed by atoms with Crippen LogP contribution >= 0.6 is 23.3 Å². The van der Waals surface area contributed by atoms with Crippen LogP contribution in [0.4, 0.5) is 0 Å². The number of aryl methyl sites for hydroxylation is 1. The number of esters is 1. The van der Waals surface area contributed by atoms with Gasteiger partial charge in [0.15, 0.2) is 4.34 Å². The Bertz CT molecular complexity index is 356. The van der Waals surface area contributed by atoms with Gasteiger partial charge in [0, 0.05) is 18.6 Å². The molecule has 0 aliphatic heterocycles. The van der Waals surface area contributed by atoms with Crippen molar-refractivity contribution in [3.05, 3.63) is 5.82 Å². The maximum atomic E-state index is 11.1. The average molecular weight is 288 g/mol. The molecule has 1 heterocycles. The number of carbonyl (C=O) groups is 1. The average Bonchev–Trinajstić information content (AvgIpc) is 2.82. The van der Waals surface area contributed by atoms with Gasteiger partial charge in [-0.25, -0.2) is 4.98 Å². The Morgan fingerprint density at radius 2 is 2.17 bits per heavy atom. The second-order valence-electron chi connectivity index (χ2n) is 3.79. The van der Waals surface area contributed by atoms with Gasteiger partial charge in [-0.1, -0.05) is 25.1 Å². The largest absolute Gasteiger partial charge is 0.466 e. The van der Waals surface area contributed by atoms with Crippen molar-refractivity contribution < 1.29 is 9.53 Å². The third-order valence-electron chi connectivity index (χ3n) is 2.32. The van der Waals surface area contributed by atoms with E-state index >= 15 is 0 Å². The van der Waals surface area contributed by atoms with E-state index in [-0.39, 0.29) is 5.97 Å². The summed E-state index contributed by atoms with van der Waals surface area (Å²) in [5.74, 6) is 1.90. The van der Waals surface area contributed by atoms with Gasteiger partial charge >= 0.3 is 5.97 Å². The molecule has 0 atom stereocenters. The molecule has 0 bridgehead atoms. The summed E-state index contributed by atoms with van der Waals surface area (Å²) in [6.07, 6.45) is 4.51. The zero-order chi connectivity index (χ0) is 13.2. The van der Waals surface area contributed by atoms with E-state index in [2.05, 4.69) is 16.3 Å². The third kappa shape index (κ3) is 6.35. The van der Waals surface area contributed by atoms with Crippen molar-refractivity contribution >= 4 is 29.3 Å². The van der Waals surface area contributed by atoms with Gasteiger partial charge in [-0.05, 0) is 31.3 Å². The Morgan fingerprint density at radius 1 is 1.33 bits per heavy atom. The van der Waals surface area contributed by atoms with E-state index in [9.17, 15) is 4.79 Å². The number of unbranched alkanes of at least 4 members (excludes halogenated alkanes) is 2. The lowest BCUT2D eigenvalue weighted by Crippen LogP contribution is -2.03. The number of aromatic nitrogens is 2. The molecule has 4 nitrogen and oxygen atoms in total. The highest BCUT2D eigenvalue weighted by Gasteiger charge is 2.03. The van der Waals surface area contributed by atoms with Crippen molar-refractivity contribution in [3.8, 4) is 0 Å². The molecule has 0 aliphatic carbocycles. The molecule has 0 aliphatic rings. The van der Waals surface area contributed by atoms with Crippen LogP contribution < -0.4 is 0 Å². The molecule has 0 saturated carbocycles. The summed E-state index contributed by atoms with van der Waals surface area (Å²) >= 11 is 3.23. The number of hydrogen-bond donors (Lipinski definition) is 0. The third-order valence-corrected chi connectivity index (χ3v) is 4.28. The predicted octanol–water partition coefficient (Wildman–Crippen LogP) is 3.32. The fraction of sp³-hybridized carbons (Fsp3) is 0.750. The normalized spacial score (nSPS) is 10.6. The summed E-state index contributed by atoms with van der Waals surface area (Å²) in [5.41, 5.74) is 0. The molecule has 18 heavy (non-hydrogen) atoms. The van der Waals surface area contributed by atoms with Crippen LogP contribution in [0.5, 0.6) is 0 Å². The second kappa shape index (κ2) is 9.33. The first-order valence-corrected chi connectivity index (χ1v) is 8.13. The van der Waals surface area contributed by atoms with Crippen molar-refractivity contribution in [2.24, 2.45) is 0 Å². The number of carbonyl (C=O) groups excluding carboxylic acids is 1. The molecule has 0 fully saturated rings. The first-order valence-electron chi connectivity index (χ1n) is 6.37. The monoisotopic (exact) mass is 288 g/mol. The Balaban J connectivity index is 2.00. The minimum Gasteiger partial charge on any atom is -0.466 e. The predicted molar refractivity (Wildman–Crippen MR) is 75.1 cm³/mol. The number of nitrogens with zero attached hydrogens (tertiary/aromatic N) is 2. The molecule has 6 heteroatoms. The van der Waals surface area contributed by atoms with Crippen LogP contribution in [0.1, 0.15) is 45.4 Å². The molecule has 0 amide bonds. The molecule has 0 aromatic carbocycles. The standard InChI is InChI=1S/C12H20N2O2S2/c1-3-10-13-12(18-14-10)17-9-7-5-6-8-11(15)16-4-2/h3-9H2,1-2H3. The first kappa shape index (κ1) is 15.4. The second-order valence-corrected chi connectivity index (χ2v) is 5.89. The Kier molecular flexibility index (Phi) is 8.00. The van der Waals surface area contributed by atoms with E-state index in [1.165, 1.54) is 11.5 Å². The summed E-state index contributed by atoms with van der Waals surface area (Å²) in [6, 6.07) is 0. The highest BCUT2D eigenvalue weighted by Crippen LogP contribution is 2.21. The van der Waals surface area contributed by atoms with Gasteiger partial charge in [-0.15, -0.1) is 0 Å². The van der Waals surface area contributed by atoms with Gasteiger partial charge in [0.25, 0.3) is 0 Å². The molecule has 0 radical (unpaired) electrons. The fourth-order valence-corrected chi connectivity index (χ4v) is 3.15. The lowest BCUT2D eigenvalue weighted by Gasteiger charge is -2.01. The number of rotatable bonds is 9. The van der Waals surface area contributed by atoms with Crippen LogP contribution in [0.25, 0.3) is 0 Å². The summed E-state index contributed by atoms with van der Waals surface area (Å²) in [6.45, 7) is 4.37. The van der Waals surface area contributed by atoms with E-state index in [4.69, 9.17) is 4.74 Å².